The molecule has 0 aliphatic rings. The number of hydrogen-bond donors (Lipinski definition) is 0. The van der Waals surface area contributed by atoms with Crippen molar-refractivity contribution < 1.29 is 0 Å². The maximum atomic E-state index is 4.03. The third-order valence-electron chi connectivity index (χ3n) is 1.46. The lowest BCUT2D eigenvalue weighted by Crippen LogP contribution is -1.73. The Morgan fingerprint density at radius 1 is 1.36 bits per heavy atom. The van der Waals surface area contributed by atoms with Crippen molar-refractivity contribution in [1.82, 2.24) is 4.98 Å². The molecule has 11 heavy (non-hydrogen) atoms. The summed E-state index contributed by atoms with van der Waals surface area (Å²) in [6.07, 6.45) is 3.63. The van der Waals surface area contributed by atoms with Gasteiger partial charge in [0.1, 0.15) is 0 Å². The first-order chi connectivity index (χ1) is 5.47. The predicted molar refractivity (Wildman–Crippen MR) is 46.4 cm³/mol. The van der Waals surface area contributed by atoms with E-state index in [1.54, 1.807) is 17.5 Å². The number of pyridine rings is 1. The van der Waals surface area contributed by atoms with E-state index >= 15 is 0 Å². The van der Waals surface area contributed by atoms with Gasteiger partial charge in [-0.15, -0.1) is 11.3 Å². The van der Waals surface area contributed by atoms with Crippen molar-refractivity contribution in [2.24, 2.45) is 0 Å². The van der Waals surface area contributed by atoms with E-state index in [4.69, 9.17) is 0 Å². The van der Waals surface area contributed by atoms with E-state index in [-0.39, 0.29) is 0 Å². The zero-order valence-electron chi connectivity index (χ0n) is 5.82. The van der Waals surface area contributed by atoms with Crippen LogP contribution in [0.25, 0.3) is 11.1 Å². The lowest BCUT2D eigenvalue weighted by atomic mass is 10.2. The SMILES string of the molecule is [c]1cc(-c2cccnc2)cs1. The molecule has 2 heteroatoms. The van der Waals surface area contributed by atoms with Gasteiger partial charge in [0.2, 0.25) is 0 Å². The van der Waals surface area contributed by atoms with E-state index in [9.17, 15) is 0 Å². The molecule has 0 bridgehead atoms. The molecule has 2 aromatic rings. The number of hydrogen-bond acceptors (Lipinski definition) is 2. The number of rotatable bonds is 1. The number of aromatic nitrogens is 1. The molecular weight excluding hydrogens is 154 g/mol. The Morgan fingerprint density at radius 3 is 3.00 bits per heavy atom. The van der Waals surface area contributed by atoms with Crippen LogP contribution in [0.2, 0.25) is 0 Å². The van der Waals surface area contributed by atoms with Crippen LogP contribution in [0.5, 0.6) is 0 Å². The summed E-state index contributed by atoms with van der Waals surface area (Å²) in [6.45, 7) is 0. The smallest absolute Gasteiger partial charge is 0.0449 e. The molecule has 0 spiro atoms. The lowest BCUT2D eigenvalue weighted by Gasteiger charge is -1.92. The molecule has 2 aromatic heterocycles. The molecule has 0 atom stereocenters. The number of thiophene rings is 1. The van der Waals surface area contributed by atoms with Crippen molar-refractivity contribution in [2.75, 3.05) is 0 Å². The van der Waals surface area contributed by atoms with Crippen molar-refractivity contribution in [2.45, 2.75) is 0 Å². The van der Waals surface area contributed by atoms with Crippen molar-refractivity contribution in [3.8, 4) is 11.1 Å². The van der Waals surface area contributed by atoms with Gasteiger partial charge in [0.25, 0.3) is 0 Å². The summed E-state index contributed by atoms with van der Waals surface area (Å²) in [5.74, 6) is 0. The summed E-state index contributed by atoms with van der Waals surface area (Å²) < 4.78 is 0. The second-order valence-electron chi connectivity index (χ2n) is 2.19. The Morgan fingerprint density at radius 2 is 2.36 bits per heavy atom. The molecule has 0 saturated heterocycles. The molecular formula is C9H6NS. The van der Waals surface area contributed by atoms with Gasteiger partial charge in [-0.25, -0.2) is 0 Å². The molecule has 2 rings (SSSR count). The lowest BCUT2D eigenvalue weighted by molar-refractivity contribution is 1.33. The minimum Gasteiger partial charge on any atom is -0.264 e. The van der Waals surface area contributed by atoms with Crippen LogP contribution in [-0.2, 0) is 0 Å². The van der Waals surface area contributed by atoms with Crippen LogP contribution >= 0.6 is 11.3 Å². The molecule has 0 unspecified atom stereocenters. The highest BCUT2D eigenvalue weighted by molar-refractivity contribution is 7.07. The first-order valence-corrected chi connectivity index (χ1v) is 4.20. The van der Waals surface area contributed by atoms with E-state index in [1.807, 2.05) is 24.4 Å². The molecule has 0 saturated carbocycles. The summed E-state index contributed by atoms with van der Waals surface area (Å²) in [5.41, 5.74) is 2.35. The van der Waals surface area contributed by atoms with Crippen LogP contribution in [0.3, 0.4) is 0 Å². The van der Waals surface area contributed by atoms with Gasteiger partial charge < -0.3 is 0 Å². The zero-order valence-corrected chi connectivity index (χ0v) is 6.64. The third kappa shape index (κ3) is 1.30. The standard InChI is InChI=1S/C9H6NS/c1-2-8(6-10-4-1)9-3-5-11-7-9/h1-4,6-7H. The molecule has 0 amide bonds. The van der Waals surface area contributed by atoms with Gasteiger partial charge >= 0.3 is 0 Å². The Balaban J connectivity index is 2.46. The highest BCUT2D eigenvalue weighted by Crippen LogP contribution is 2.19. The van der Waals surface area contributed by atoms with Crippen LogP contribution in [0.15, 0.2) is 36.0 Å². The molecule has 0 N–H and O–H groups in total. The Labute approximate surface area is 69.3 Å². The third-order valence-corrected chi connectivity index (χ3v) is 2.09. The Kier molecular flexibility index (Phi) is 1.69. The van der Waals surface area contributed by atoms with Crippen LogP contribution < -0.4 is 0 Å². The molecule has 53 valence electrons. The predicted octanol–water partition coefficient (Wildman–Crippen LogP) is 2.61. The average molecular weight is 160 g/mol. The minimum atomic E-state index is 1.16. The maximum absolute atomic E-state index is 4.03. The average Bonchev–Trinajstić information content (AvgIpc) is 2.58. The van der Waals surface area contributed by atoms with E-state index in [2.05, 4.69) is 15.7 Å². The molecule has 0 aliphatic heterocycles. The normalized spacial score (nSPS) is 9.82. The summed E-state index contributed by atoms with van der Waals surface area (Å²) >= 11 is 1.58. The van der Waals surface area contributed by atoms with Gasteiger partial charge in [0.15, 0.2) is 0 Å². The summed E-state index contributed by atoms with van der Waals surface area (Å²) in [4.78, 5) is 4.03. The van der Waals surface area contributed by atoms with E-state index in [1.165, 1.54) is 5.56 Å². The van der Waals surface area contributed by atoms with E-state index in [0.717, 1.165) is 5.56 Å². The fraction of sp³-hybridized carbons (Fsp3) is 0. The van der Waals surface area contributed by atoms with E-state index in [0.29, 0.717) is 0 Å². The van der Waals surface area contributed by atoms with Crippen LogP contribution in [0, 0.1) is 5.38 Å². The molecule has 0 aromatic carbocycles. The van der Waals surface area contributed by atoms with Gasteiger partial charge in [0, 0.05) is 23.3 Å². The minimum absolute atomic E-state index is 1.16. The fourth-order valence-corrected chi connectivity index (χ4v) is 1.51. The van der Waals surface area contributed by atoms with Gasteiger partial charge in [-0.05, 0) is 23.1 Å². The molecule has 2 heterocycles. The van der Waals surface area contributed by atoms with Crippen LogP contribution in [0.4, 0.5) is 0 Å². The van der Waals surface area contributed by atoms with Crippen molar-refractivity contribution in [3.63, 3.8) is 0 Å². The second kappa shape index (κ2) is 2.84. The Hall–Kier alpha value is -1.15. The largest absolute Gasteiger partial charge is 0.264 e. The highest BCUT2D eigenvalue weighted by Gasteiger charge is 1.94. The molecule has 1 radical (unpaired) electrons. The van der Waals surface area contributed by atoms with Crippen LogP contribution in [-0.4, -0.2) is 4.98 Å². The van der Waals surface area contributed by atoms with Crippen molar-refractivity contribution in [3.05, 3.63) is 41.4 Å². The molecule has 0 fully saturated rings. The van der Waals surface area contributed by atoms with Gasteiger partial charge in [-0.2, -0.15) is 0 Å². The first-order valence-electron chi connectivity index (χ1n) is 3.32. The fourth-order valence-electron chi connectivity index (χ4n) is 0.914. The van der Waals surface area contributed by atoms with Gasteiger partial charge in [-0.1, -0.05) is 6.07 Å². The topological polar surface area (TPSA) is 12.9 Å². The quantitative estimate of drug-likeness (QED) is 0.625. The summed E-state index contributed by atoms with van der Waals surface area (Å²) in [6, 6.07) is 5.96. The van der Waals surface area contributed by atoms with Gasteiger partial charge in [-0.3, -0.25) is 4.98 Å². The maximum Gasteiger partial charge on any atom is 0.0449 e. The van der Waals surface area contributed by atoms with Gasteiger partial charge in [0.05, 0.1) is 0 Å². The summed E-state index contributed by atoms with van der Waals surface area (Å²) in [5, 5.41) is 5.11. The number of nitrogens with zero attached hydrogens (tertiary/aromatic N) is 1. The Bertz CT molecular complexity index is 313. The van der Waals surface area contributed by atoms with E-state index < -0.39 is 0 Å². The first kappa shape index (κ1) is 6.55. The van der Waals surface area contributed by atoms with Crippen molar-refractivity contribution >= 4 is 11.3 Å². The zero-order chi connectivity index (χ0) is 7.52. The summed E-state index contributed by atoms with van der Waals surface area (Å²) in [7, 11) is 0. The molecule has 1 nitrogen and oxygen atoms in total. The van der Waals surface area contributed by atoms with Crippen molar-refractivity contribution in [1.29, 1.82) is 0 Å². The monoisotopic (exact) mass is 160 g/mol. The molecule has 0 aliphatic carbocycles. The highest BCUT2D eigenvalue weighted by atomic mass is 32.1. The second-order valence-corrected chi connectivity index (χ2v) is 2.90. The van der Waals surface area contributed by atoms with Crippen LogP contribution in [0.1, 0.15) is 0 Å².